The van der Waals surface area contributed by atoms with Crippen LogP contribution < -0.4 is 5.32 Å². The Morgan fingerprint density at radius 2 is 1.64 bits per heavy atom. The number of nitrogens with one attached hydrogen (secondary N) is 1. The van der Waals surface area contributed by atoms with Crippen LogP contribution in [0.1, 0.15) is 98.8 Å². The topological polar surface area (TPSA) is 93.1 Å². The molecule has 1 heterocycles. The molecular weight excluding hydrogens is 490 g/mol. The van der Waals surface area contributed by atoms with Crippen molar-refractivity contribution in [3.8, 4) is 0 Å². The lowest BCUT2D eigenvalue weighted by molar-refractivity contribution is -0.157. The number of aliphatic hydroxyl groups excluding tert-OH is 2. The van der Waals surface area contributed by atoms with E-state index in [-0.39, 0.29) is 40.9 Å². The SMILES string of the molecule is CCC(=O)N[C@@H](CC(C)C)C(=O)N1CCN([C@H]2C[C@@]3(C)[C@@H](CC[C@@H]4[C@@H]3CC[C@]3(C)[C@@H](O)CC[C@@H]43)C[C@@H]2O)CC1. The Bertz CT molecular complexity index is 904. The molecule has 3 N–H and O–H groups in total. The van der Waals surface area contributed by atoms with Crippen molar-refractivity contribution in [2.45, 2.75) is 123 Å². The van der Waals surface area contributed by atoms with Gasteiger partial charge in [0.1, 0.15) is 6.04 Å². The molecule has 222 valence electrons. The molecule has 0 unspecified atom stereocenters. The summed E-state index contributed by atoms with van der Waals surface area (Å²) in [7, 11) is 0. The summed E-state index contributed by atoms with van der Waals surface area (Å²) in [6, 6.07) is -0.301. The van der Waals surface area contributed by atoms with Crippen LogP contribution in [0.15, 0.2) is 0 Å². The molecule has 0 aromatic rings. The fourth-order valence-electron chi connectivity index (χ4n) is 10.1. The minimum Gasteiger partial charge on any atom is -0.393 e. The van der Waals surface area contributed by atoms with Crippen molar-refractivity contribution >= 4 is 11.8 Å². The number of nitrogens with zero attached hydrogens (tertiary/aromatic N) is 2. The predicted molar refractivity (Wildman–Crippen MR) is 153 cm³/mol. The second-order valence-electron chi connectivity index (χ2n) is 14.8. The van der Waals surface area contributed by atoms with Crippen molar-refractivity contribution in [2.24, 2.45) is 40.4 Å². The molecule has 0 spiro atoms. The van der Waals surface area contributed by atoms with Crippen molar-refractivity contribution in [3.05, 3.63) is 0 Å². The van der Waals surface area contributed by atoms with E-state index in [1.54, 1.807) is 0 Å². The third kappa shape index (κ3) is 5.30. The van der Waals surface area contributed by atoms with Crippen molar-refractivity contribution in [2.75, 3.05) is 26.2 Å². The second kappa shape index (κ2) is 11.2. The molecule has 4 aliphatic carbocycles. The van der Waals surface area contributed by atoms with Gasteiger partial charge in [0.05, 0.1) is 12.2 Å². The quantitative estimate of drug-likeness (QED) is 0.472. The summed E-state index contributed by atoms with van der Waals surface area (Å²) >= 11 is 0. The van der Waals surface area contributed by atoms with E-state index in [1.807, 2.05) is 11.8 Å². The molecule has 7 heteroatoms. The maximum atomic E-state index is 13.4. The van der Waals surface area contributed by atoms with E-state index in [1.165, 1.54) is 25.7 Å². The molecule has 2 amide bonds. The highest BCUT2D eigenvalue weighted by Gasteiger charge is 2.61. The van der Waals surface area contributed by atoms with Crippen LogP contribution in [0.25, 0.3) is 0 Å². The van der Waals surface area contributed by atoms with E-state index < -0.39 is 6.04 Å². The number of carbonyl (C=O) groups is 2. The minimum absolute atomic E-state index is 0.0421. The van der Waals surface area contributed by atoms with Crippen molar-refractivity contribution in [1.29, 1.82) is 0 Å². The number of aliphatic hydroxyl groups is 2. The first kappa shape index (κ1) is 29.3. The molecule has 0 aromatic carbocycles. The summed E-state index contributed by atoms with van der Waals surface area (Å²) in [4.78, 5) is 29.9. The predicted octanol–water partition coefficient (Wildman–Crippen LogP) is 3.81. The molecule has 0 radical (unpaired) electrons. The monoisotopic (exact) mass is 545 g/mol. The molecule has 4 saturated carbocycles. The van der Waals surface area contributed by atoms with Crippen LogP contribution in [0.3, 0.4) is 0 Å². The van der Waals surface area contributed by atoms with E-state index in [0.29, 0.717) is 55.5 Å². The Balaban J connectivity index is 1.24. The number of amides is 2. The zero-order chi connectivity index (χ0) is 28.1. The molecule has 10 atom stereocenters. The van der Waals surface area contributed by atoms with Gasteiger partial charge in [-0.25, -0.2) is 0 Å². The average Bonchev–Trinajstić information content (AvgIpc) is 3.22. The number of hydrogen-bond acceptors (Lipinski definition) is 5. The summed E-state index contributed by atoms with van der Waals surface area (Å²) in [6.45, 7) is 13.8. The van der Waals surface area contributed by atoms with E-state index in [2.05, 4.69) is 37.9 Å². The largest absolute Gasteiger partial charge is 0.393 e. The van der Waals surface area contributed by atoms with E-state index in [4.69, 9.17) is 0 Å². The maximum absolute atomic E-state index is 13.4. The molecule has 7 nitrogen and oxygen atoms in total. The van der Waals surface area contributed by atoms with E-state index >= 15 is 0 Å². The zero-order valence-corrected chi connectivity index (χ0v) is 25.2. The van der Waals surface area contributed by atoms with Gasteiger partial charge in [0, 0.05) is 38.6 Å². The first-order valence-corrected chi connectivity index (χ1v) is 16.2. The van der Waals surface area contributed by atoms with Gasteiger partial charge < -0.3 is 20.4 Å². The van der Waals surface area contributed by atoms with Gasteiger partial charge in [-0.3, -0.25) is 14.5 Å². The standard InChI is InChI=1S/C32H55N3O4/c1-6-29(38)33-25(17-20(2)3)30(39)35-15-13-34(14-16-35)26-19-32(5)21(18-27(26)36)7-8-22-23-9-10-28(37)31(23,4)12-11-24(22)32/h20-28,36-37H,6-19H2,1-5H3,(H,33,38)/t21-,22-,23-,24-,25-,26-,27-,28-,31-,32-/m0/s1. The molecular formula is C32H55N3O4. The van der Waals surface area contributed by atoms with Crippen molar-refractivity contribution in [3.63, 3.8) is 0 Å². The Hall–Kier alpha value is -1.18. The van der Waals surface area contributed by atoms with Gasteiger partial charge in [-0.1, -0.05) is 34.6 Å². The molecule has 1 saturated heterocycles. The van der Waals surface area contributed by atoms with Gasteiger partial charge in [0.2, 0.25) is 11.8 Å². The summed E-state index contributed by atoms with van der Waals surface area (Å²) in [5.74, 6) is 2.94. The highest BCUT2D eigenvalue weighted by Crippen LogP contribution is 2.66. The van der Waals surface area contributed by atoms with Gasteiger partial charge in [0.15, 0.2) is 0 Å². The first-order chi connectivity index (χ1) is 18.5. The second-order valence-corrected chi connectivity index (χ2v) is 14.8. The molecule has 5 aliphatic rings. The summed E-state index contributed by atoms with van der Waals surface area (Å²) < 4.78 is 0. The normalized spacial score (nSPS) is 43.4. The lowest BCUT2D eigenvalue weighted by Crippen LogP contribution is -2.63. The molecule has 5 rings (SSSR count). The molecule has 1 aliphatic heterocycles. The lowest BCUT2D eigenvalue weighted by atomic mass is 9.44. The summed E-state index contributed by atoms with van der Waals surface area (Å²) in [6.07, 6.45) is 9.53. The summed E-state index contributed by atoms with van der Waals surface area (Å²) in [5.41, 5.74) is 0.340. The van der Waals surface area contributed by atoms with E-state index in [0.717, 1.165) is 38.8 Å². The van der Waals surface area contributed by atoms with Gasteiger partial charge in [-0.05, 0) is 98.2 Å². The van der Waals surface area contributed by atoms with Gasteiger partial charge in [0.25, 0.3) is 0 Å². The van der Waals surface area contributed by atoms with Crippen LogP contribution in [0.5, 0.6) is 0 Å². The highest BCUT2D eigenvalue weighted by molar-refractivity contribution is 5.87. The third-order valence-electron chi connectivity index (χ3n) is 12.4. The van der Waals surface area contributed by atoms with Crippen molar-refractivity contribution in [1.82, 2.24) is 15.1 Å². The number of hydrogen-bond donors (Lipinski definition) is 3. The fourth-order valence-corrected chi connectivity index (χ4v) is 10.1. The van der Waals surface area contributed by atoms with Crippen LogP contribution in [-0.4, -0.2) is 82.3 Å². The Kier molecular flexibility index (Phi) is 8.45. The molecule has 0 aromatic heterocycles. The van der Waals surface area contributed by atoms with Crippen LogP contribution in [0, 0.1) is 40.4 Å². The minimum atomic E-state index is -0.450. The lowest BCUT2D eigenvalue weighted by Gasteiger charge is -2.62. The highest BCUT2D eigenvalue weighted by atomic mass is 16.3. The number of piperazine rings is 1. The third-order valence-corrected chi connectivity index (χ3v) is 12.4. The Morgan fingerprint density at radius 1 is 0.949 bits per heavy atom. The van der Waals surface area contributed by atoms with E-state index in [9.17, 15) is 19.8 Å². The number of fused-ring (bicyclic) bond motifs is 5. The Morgan fingerprint density at radius 3 is 2.31 bits per heavy atom. The maximum Gasteiger partial charge on any atom is 0.245 e. The summed E-state index contributed by atoms with van der Waals surface area (Å²) in [5, 5.41) is 25.2. The smallest absolute Gasteiger partial charge is 0.245 e. The molecule has 0 bridgehead atoms. The average molecular weight is 546 g/mol. The number of carbonyl (C=O) groups excluding carboxylic acids is 2. The molecule has 39 heavy (non-hydrogen) atoms. The van der Waals surface area contributed by atoms with Gasteiger partial charge in [-0.15, -0.1) is 0 Å². The fraction of sp³-hybridized carbons (Fsp3) is 0.938. The molecule has 5 fully saturated rings. The van der Waals surface area contributed by atoms with Crippen molar-refractivity contribution < 1.29 is 19.8 Å². The van der Waals surface area contributed by atoms with Gasteiger partial charge in [-0.2, -0.15) is 0 Å². The van der Waals surface area contributed by atoms with Gasteiger partial charge >= 0.3 is 0 Å². The zero-order valence-electron chi connectivity index (χ0n) is 25.2. The van der Waals surface area contributed by atoms with Crippen LogP contribution in [0.2, 0.25) is 0 Å². The van der Waals surface area contributed by atoms with Crippen LogP contribution >= 0.6 is 0 Å². The van der Waals surface area contributed by atoms with Crippen LogP contribution in [0.4, 0.5) is 0 Å². The number of rotatable bonds is 6. The Labute approximate surface area is 236 Å². The first-order valence-electron chi connectivity index (χ1n) is 16.2. The van der Waals surface area contributed by atoms with Crippen LogP contribution in [-0.2, 0) is 9.59 Å².